The van der Waals surface area contributed by atoms with E-state index in [0.717, 1.165) is 6.54 Å². The lowest BCUT2D eigenvalue weighted by atomic mass is 10.4. The number of hydrogen-bond acceptors (Lipinski definition) is 5. The molecule has 0 bridgehead atoms. The molecule has 1 heterocycles. The Kier molecular flexibility index (Phi) is 4.39. The van der Waals surface area contributed by atoms with Gasteiger partial charge in [-0.1, -0.05) is 0 Å². The summed E-state index contributed by atoms with van der Waals surface area (Å²) in [6.07, 6.45) is 0.610. The normalized spacial score (nSPS) is 9.93. The van der Waals surface area contributed by atoms with Gasteiger partial charge in [0, 0.05) is 18.8 Å². The molecule has 14 heavy (non-hydrogen) atoms. The molecule has 0 fully saturated rings. The molecule has 6 heteroatoms. The zero-order valence-electron chi connectivity index (χ0n) is 8.25. The van der Waals surface area contributed by atoms with Crippen molar-refractivity contribution in [1.82, 2.24) is 15.0 Å². The van der Waals surface area contributed by atoms with Crippen LogP contribution in [0.3, 0.4) is 0 Å². The lowest BCUT2D eigenvalue weighted by molar-refractivity contribution is 0.376. The monoisotopic (exact) mass is 216 g/mol. The van der Waals surface area contributed by atoms with Crippen molar-refractivity contribution in [3.8, 4) is 6.01 Å². The van der Waals surface area contributed by atoms with Crippen molar-refractivity contribution >= 4 is 17.5 Å². The maximum absolute atomic E-state index is 5.60. The van der Waals surface area contributed by atoms with Crippen LogP contribution in [0.4, 0.5) is 5.95 Å². The smallest absolute Gasteiger partial charge is 0.321 e. The highest BCUT2D eigenvalue weighted by molar-refractivity contribution is 6.17. The molecule has 0 aliphatic carbocycles. The number of aryl methyl sites for hydroxylation is 1. The average Bonchev–Trinajstić information content (AvgIpc) is 2.18. The van der Waals surface area contributed by atoms with Crippen LogP contribution in [-0.4, -0.2) is 34.5 Å². The molecule has 1 N–H and O–H groups in total. The van der Waals surface area contributed by atoms with Gasteiger partial charge in [-0.25, -0.2) is 0 Å². The molecule has 5 nitrogen and oxygen atoms in total. The van der Waals surface area contributed by atoms with Gasteiger partial charge in [0.25, 0.3) is 0 Å². The third kappa shape index (κ3) is 2.99. The number of nitrogens with one attached hydrogen (secondary N) is 1. The van der Waals surface area contributed by atoms with Crippen molar-refractivity contribution in [3.05, 3.63) is 5.82 Å². The minimum absolute atomic E-state index is 0.316. The van der Waals surface area contributed by atoms with Crippen LogP contribution in [0.1, 0.15) is 12.7 Å². The zero-order valence-corrected chi connectivity index (χ0v) is 9.01. The average molecular weight is 217 g/mol. The molecule has 1 aromatic rings. The molecular weight excluding hydrogens is 204 g/mol. The van der Waals surface area contributed by atoms with E-state index in [9.17, 15) is 0 Å². The molecule has 0 atom stereocenters. The maximum Gasteiger partial charge on any atom is 0.321 e. The molecule has 0 saturated heterocycles. The standard InChI is InChI=1S/C8H13ClN4O/c1-3-10-7-11-6(4-5-9)12-8(13-7)14-2/h3-5H2,1-2H3,(H,10,11,12,13). The molecule has 78 valence electrons. The third-order valence-corrected chi connectivity index (χ3v) is 1.69. The number of methoxy groups -OCH3 is 1. The van der Waals surface area contributed by atoms with E-state index in [1.165, 1.54) is 7.11 Å². The summed E-state index contributed by atoms with van der Waals surface area (Å²) in [5.41, 5.74) is 0. The van der Waals surface area contributed by atoms with Crippen LogP contribution in [-0.2, 0) is 6.42 Å². The van der Waals surface area contributed by atoms with Crippen LogP contribution >= 0.6 is 11.6 Å². The first-order valence-electron chi connectivity index (χ1n) is 4.39. The number of halogens is 1. The molecule has 1 aromatic heterocycles. The Morgan fingerprint density at radius 3 is 2.71 bits per heavy atom. The molecule has 1 rings (SSSR count). The van der Waals surface area contributed by atoms with Crippen molar-refractivity contribution in [2.24, 2.45) is 0 Å². The molecular formula is C8H13ClN4O. The highest BCUT2D eigenvalue weighted by Gasteiger charge is 2.04. The van der Waals surface area contributed by atoms with E-state index < -0.39 is 0 Å². The van der Waals surface area contributed by atoms with Crippen molar-refractivity contribution in [1.29, 1.82) is 0 Å². The Bertz CT molecular complexity index is 270. The van der Waals surface area contributed by atoms with Crippen LogP contribution in [0.15, 0.2) is 0 Å². The number of rotatable bonds is 5. The fourth-order valence-electron chi connectivity index (χ4n) is 0.923. The van der Waals surface area contributed by atoms with E-state index in [0.29, 0.717) is 30.1 Å². The summed E-state index contributed by atoms with van der Waals surface area (Å²) in [5.74, 6) is 1.65. The second-order valence-electron chi connectivity index (χ2n) is 2.53. The number of aromatic nitrogens is 3. The number of hydrogen-bond donors (Lipinski definition) is 1. The molecule has 0 unspecified atom stereocenters. The first kappa shape index (κ1) is 11.0. The predicted molar refractivity (Wildman–Crippen MR) is 55.0 cm³/mol. The number of nitrogens with zero attached hydrogens (tertiary/aromatic N) is 3. The van der Waals surface area contributed by atoms with E-state index in [2.05, 4.69) is 20.3 Å². The van der Waals surface area contributed by atoms with Crippen molar-refractivity contribution in [2.45, 2.75) is 13.3 Å². The van der Waals surface area contributed by atoms with Crippen molar-refractivity contribution in [2.75, 3.05) is 24.9 Å². The molecule has 0 aliphatic heterocycles. The second kappa shape index (κ2) is 5.59. The highest BCUT2D eigenvalue weighted by Crippen LogP contribution is 2.07. The van der Waals surface area contributed by atoms with Gasteiger partial charge in [-0.3, -0.25) is 0 Å². The molecule has 0 radical (unpaired) electrons. The molecule has 0 spiro atoms. The van der Waals surface area contributed by atoms with Gasteiger partial charge < -0.3 is 10.1 Å². The highest BCUT2D eigenvalue weighted by atomic mass is 35.5. The minimum atomic E-state index is 0.316. The van der Waals surface area contributed by atoms with Gasteiger partial charge >= 0.3 is 6.01 Å². The zero-order chi connectivity index (χ0) is 10.4. The first-order chi connectivity index (χ1) is 6.80. The second-order valence-corrected chi connectivity index (χ2v) is 2.91. The third-order valence-electron chi connectivity index (χ3n) is 1.50. The van der Waals surface area contributed by atoms with E-state index in [1.54, 1.807) is 0 Å². The van der Waals surface area contributed by atoms with Gasteiger partial charge in [-0.2, -0.15) is 15.0 Å². The van der Waals surface area contributed by atoms with Crippen LogP contribution in [0.2, 0.25) is 0 Å². The number of alkyl halides is 1. The van der Waals surface area contributed by atoms with Gasteiger partial charge in [0.05, 0.1) is 7.11 Å². The maximum atomic E-state index is 5.60. The summed E-state index contributed by atoms with van der Waals surface area (Å²) in [4.78, 5) is 12.2. The fraction of sp³-hybridized carbons (Fsp3) is 0.625. The van der Waals surface area contributed by atoms with E-state index in [4.69, 9.17) is 16.3 Å². The Labute approximate surface area is 87.9 Å². The SMILES string of the molecule is CCNc1nc(CCCl)nc(OC)n1. The predicted octanol–water partition coefficient (Wildman–Crippen LogP) is 1.09. The summed E-state index contributed by atoms with van der Waals surface area (Å²) in [7, 11) is 1.52. The van der Waals surface area contributed by atoms with Crippen LogP contribution in [0.25, 0.3) is 0 Å². The summed E-state index contributed by atoms with van der Waals surface area (Å²) in [6.45, 7) is 2.73. The summed E-state index contributed by atoms with van der Waals surface area (Å²) in [5, 5.41) is 3.00. The fourth-order valence-corrected chi connectivity index (χ4v) is 1.09. The quantitative estimate of drug-likeness (QED) is 0.747. The number of ether oxygens (including phenoxy) is 1. The Hall–Kier alpha value is -1.10. The topological polar surface area (TPSA) is 59.9 Å². The van der Waals surface area contributed by atoms with E-state index >= 15 is 0 Å². The first-order valence-corrected chi connectivity index (χ1v) is 4.92. The largest absolute Gasteiger partial charge is 0.467 e. The van der Waals surface area contributed by atoms with Gasteiger partial charge in [0.1, 0.15) is 5.82 Å². The molecule has 0 aliphatic rings. The summed E-state index contributed by atoms with van der Waals surface area (Å²) in [6, 6.07) is 0.316. The van der Waals surface area contributed by atoms with E-state index in [1.807, 2.05) is 6.92 Å². The van der Waals surface area contributed by atoms with Crippen molar-refractivity contribution < 1.29 is 4.74 Å². The van der Waals surface area contributed by atoms with Gasteiger partial charge in [0.15, 0.2) is 0 Å². The Morgan fingerprint density at radius 1 is 1.36 bits per heavy atom. The summed E-state index contributed by atoms with van der Waals surface area (Å²) < 4.78 is 4.94. The van der Waals surface area contributed by atoms with Gasteiger partial charge in [-0.15, -0.1) is 11.6 Å². The molecule has 0 amide bonds. The van der Waals surface area contributed by atoms with Crippen LogP contribution < -0.4 is 10.1 Å². The van der Waals surface area contributed by atoms with Gasteiger partial charge in [-0.05, 0) is 6.92 Å². The lowest BCUT2D eigenvalue weighted by Gasteiger charge is -2.05. The number of anilines is 1. The van der Waals surface area contributed by atoms with E-state index in [-0.39, 0.29) is 0 Å². The lowest BCUT2D eigenvalue weighted by Crippen LogP contribution is -2.08. The Morgan fingerprint density at radius 2 is 2.14 bits per heavy atom. The Balaban J connectivity index is 2.88. The molecule has 0 saturated carbocycles. The van der Waals surface area contributed by atoms with Crippen LogP contribution in [0.5, 0.6) is 6.01 Å². The van der Waals surface area contributed by atoms with Crippen molar-refractivity contribution in [3.63, 3.8) is 0 Å². The van der Waals surface area contributed by atoms with Crippen LogP contribution in [0, 0.1) is 0 Å². The molecule has 0 aromatic carbocycles. The summed E-state index contributed by atoms with van der Waals surface area (Å²) >= 11 is 5.60. The minimum Gasteiger partial charge on any atom is -0.467 e. The van der Waals surface area contributed by atoms with Gasteiger partial charge in [0.2, 0.25) is 5.95 Å².